The molecule has 2 heterocycles. The zero-order valence-electron chi connectivity index (χ0n) is 9.69. The van der Waals surface area contributed by atoms with Gasteiger partial charge in [0.1, 0.15) is 0 Å². The van der Waals surface area contributed by atoms with Crippen LogP contribution in [0.1, 0.15) is 16.2 Å². The summed E-state index contributed by atoms with van der Waals surface area (Å²) in [5, 5.41) is 20.0. The second kappa shape index (κ2) is 5.11. The van der Waals surface area contributed by atoms with Gasteiger partial charge in [0.05, 0.1) is 4.92 Å². The van der Waals surface area contributed by atoms with Crippen molar-refractivity contribution in [1.29, 1.82) is 0 Å². The molecule has 0 radical (unpaired) electrons. The monoisotopic (exact) mass is 280 g/mol. The Bertz CT molecular complexity index is 652. The fraction of sp³-hybridized carbons (Fsp3) is 0.0909. The molecule has 0 bridgehead atoms. The third kappa shape index (κ3) is 2.91. The molecule has 0 amide bonds. The molecule has 7 nitrogen and oxygen atoms in total. The number of carboxylic acids is 1. The van der Waals surface area contributed by atoms with Gasteiger partial charge in [-0.15, -0.1) is 0 Å². The molecule has 1 N–H and O–H groups in total. The highest BCUT2D eigenvalue weighted by Crippen LogP contribution is 2.34. The first kappa shape index (κ1) is 13.1. The molecule has 0 aliphatic carbocycles. The number of nitrogens with zero attached hydrogens (tertiary/aromatic N) is 2. The van der Waals surface area contributed by atoms with E-state index < -0.39 is 10.9 Å². The number of carboxylic acid groups (broad SMARTS) is 1. The molecule has 0 fully saturated rings. The van der Waals surface area contributed by atoms with Crippen molar-refractivity contribution in [3.8, 4) is 0 Å². The molecule has 2 aromatic heterocycles. The van der Waals surface area contributed by atoms with Crippen LogP contribution in [0.2, 0.25) is 0 Å². The van der Waals surface area contributed by atoms with E-state index in [1.165, 1.54) is 24.3 Å². The van der Waals surface area contributed by atoms with E-state index in [4.69, 9.17) is 9.52 Å². The molecule has 2 aromatic rings. The molecule has 8 heteroatoms. The maximum atomic E-state index is 10.9. The first-order chi connectivity index (χ1) is 8.97. The average Bonchev–Trinajstić information content (AvgIpc) is 2.77. The maximum Gasteiger partial charge on any atom is 0.371 e. The Morgan fingerprint density at radius 3 is 2.74 bits per heavy atom. The lowest BCUT2D eigenvalue weighted by atomic mass is 10.3. The van der Waals surface area contributed by atoms with Crippen molar-refractivity contribution < 1.29 is 19.2 Å². The van der Waals surface area contributed by atoms with Crippen LogP contribution in [0, 0.1) is 17.0 Å². The van der Waals surface area contributed by atoms with E-state index in [2.05, 4.69) is 4.98 Å². The molecule has 0 saturated carbocycles. The van der Waals surface area contributed by atoms with E-state index in [1.807, 2.05) is 0 Å². The van der Waals surface area contributed by atoms with Gasteiger partial charge in [-0.2, -0.15) is 0 Å². The van der Waals surface area contributed by atoms with Gasteiger partial charge in [0.25, 0.3) is 0 Å². The third-order valence-electron chi connectivity index (χ3n) is 2.17. The lowest BCUT2D eigenvalue weighted by molar-refractivity contribution is -0.388. The average molecular weight is 280 g/mol. The highest BCUT2D eigenvalue weighted by atomic mass is 32.2. The summed E-state index contributed by atoms with van der Waals surface area (Å²) in [6, 6.07) is 5.60. The molecule has 19 heavy (non-hydrogen) atoms. The van der Waals surface area contributed by atoms with Crippen LogP contribution in [0.5, 0.6) is 0 Å². The van der Waals surface area contributed by atoms with E-state index in [-0.39, 0.29) is 21.6 Å². The van der Waals surface area contributed by atoms with Gasteiger partial charge >= 0.3 is 11.7 Å². The summed E-state index contributed by atoms with van der Waals surface area (Å²) in [7, 11) is 0. The Labute approximate surface area is 111 Å². The van der Waals surface area contributed by atoms with E-state index >= 15 is 0 Å². The van der Waals surface area contributed by atoms with Crippen molar-refractivity contribution in [2.75, 3.05) is 0 Å². The van der Waals surface area contributed by atoms with Crippen molar-refractivity contribution in [3.05, 3.63) is 45.8 Å². The van der Waals surface area contributed by atoms with Crippen LogP contribution < -0.4 is 0 Å². The molecule has 2 rings (SSSR count). The Kier molecular flexibility index (Phi) is 3.52. The second-order valence-electron chi connectivity index (χ2n) is 3.56. The molecule has 0 aliphatic rings. The normalized spacial score (nSPS) is 10.4. The number of carbonyl (C=O) groups is 1. The van der Waals surface area contributed by atoms with Crippen molar-refractivity contribution in [3.63, 3.8) is 0 Å². The minimum absolute atomic E-state index is 0.149. The highest BCUT2D eigenvalue weighted by Gasteiger charge is 2.19. The van der Waals surface area contributed by atoms with Crippen LogP contribution >= 0.6 is 11.8 Å². The van der Waals surface area contributed by atoms with Gasteiger partial charge in [0.15, 0.2) is 10.1 Å². The quantitative estimate of drug-likeness (QED) is 0.677. The Morgan fingerprint density at radius 2 is 2.16 bits per heavy atom. The zero-order chi connectivity index (χ0) is 14.0. The summed E-state index contributed by atoms with van der Waals surface area (Å²) in [5.74, 6) is -1.42. The second-order valence-corrected chi connectivity index (χ2v) is 4.55. The lowest BCUT2D eigenvalue weighted by Gasteiger charge is -2.00. The molecule has 0 spiro atoms. The number of rotatable bonds is 4. The number of hydrogen-bond acceptors (Lipinski definition) is 6. The number of aromatic carboxylic acids is 1. The predicted octanol–water partition coefficient (Wildman–Crippen LogP) is 2.74. The minimum atomic E-state index is -1.20. The number of nitro groups is 1. The minimum Gasteiger partial charge on any atom is -0.475 e. The summed E-state index contributed by atoms with van der Waals surface area (Å²) in [5.41, 5.74) is 0.474. The van der Waals surface area contributed by atoms with Crippen molar-refractivity contribution in [2.45, 2.75) is 17.0 Å². The fourth-order valence-electron chi connectivity index (χ4n) is 1.32. The summed E-state index contributed by atoms with van der Waals surface area (Å²) in [6.07, 6.45) is 0. The summed E-state index contributed by atoms with van der Waals surface area (Å²) < 4.78 is 5.02. The molecule has 0 unspecified atom stereocenters. The Hall–Kier alpha value is -2.35. The van der Waals surface area contributed by atoms with E-state index in [1.54, 1.807) is 6.92 Å². The molecule has 0 aliphatic heterocycles. The SMILES string of the molecule is Cc1ccc([N+](=O)[O-])c(Sc2ccc(C(=O)O)o2)n1. The van der Waals surface area contributed by atoms with E-state index in [0.29, 0.717) is 5.69 Å². The standard InChI is InChI=1S/C11H8N2O5S/c1-6-2-3-7(13(16)17)10(12-6)19-9-5-4-8(18-9)11(14)15/h2-5H,1H3,(H,14,15). The van der Waals surface area contributed by atoms with Gasteiger partial charge in [0, 0.05) is 11.8 Å². The molecule has 98 valence electrons. The van der Waals surface area contributed by atoms with Gasteiger partial charge in [0.2, 0.25) is 5.76 Å². The van der Waals surface area contributed by atoms with Crippen LogP contribution in [0.25, 0.3) is 0 Å². The van der Waals surface area contributed by atoms with Crippen molar-refractivity contribution in [1.82, 2.24) is 4.98 Å². The summed E-state index contributed by atoms with van der Waals surface area (Å²) in [6.45, 7) is 1.71. The summed E-state index contributed by atoms with van der Waals surface area (Å²) >= 11 is 0.912. The Balaban J connectivity index is 2.33. The van der Waals surface area contributed by atoms with Crippen molar-refractivity contribution >= 4 is 23.4 Å². The van der Waals surface area contributed by atoms with Gasteiger partial charge in [-0.1, -0.05) is 0 Å². The molecule has 0 aromatic carbocycles. The zero-order valence-corrected chi connectivity index (χ0v) is 10.5. The summed E-state index contributed by atoms with van der Waals surface area (Å²) in [4.78, 5) is 25.0. The third-order valence-corrected chi connectivity index (χ3v) is 3.08. The molecular formula is C11H8N2O5S. The van der Waals surface area contributed by atoms with Crippen LogP contribution in [0.3, 0.4) is 0 Å². The number of furan rings is 1. The smallest absolute Gasteiger partial charge is 0.371 e. The highest BCUT2D eigenvalue weighted by molar-refractivity contribution is 7.99. The molecule has 0 atom stereocenters. The van der Waals surface area contributed by atoms with Gasteiger partial charge < -0.3 is 9.52 Å². The number of pyridine rings is 1. The molecular weight excluding hydrogens is 272 g/mol. The van der Waals surface area contributed by atoms with Gasteiger partial charge in [-0.25, -0.2) is 9.78 Å². The Morgan fingerprint density at radius 1 is 1.42 bits per heavy atom. The number of hydrogen-bond donors (Lipinski definition) is 1. The molecule has 0 saturated heterocycles. The van der Waals surface area contributed by atoms with Crippen molar-refractivity contribution in [2.24, 2.45) is 0 Å². The predicted molar refractivity (Wildman–Crippen MR) is 65.4 cm³/mol. The topological polar surface area (TPSA) is 106 Å². The van der Waals surface area contributed by atoms with E-state index in [0.717, 1.165) is 11.8 Å². The van der Waals surface area contributed by atoms with Gasteiger partial charge in [-0.3, -0.25) is 10.1 Å². The lowest BCUT2D eigenvalue weighted by Crippen LogP contribution is -1.94. The van der Waals surface area contributed by atoms with E-state index in [9.17, 15) is 14.9 Å². The number of aryl methyl sites for hydroxylation is 1. The van der Waals surface area contributed by atoms with Crippen LogP contribution in [-0.2, 0) is 0 Å². The number of aromatic nitrogens is 1. The maximum absolute atomic E-state index is 10.9. The first-order valence-electron chi connectivity index (χ1n) is 5.10. The van der Waals surface area contributed by atoms with Crippen LogP contribution in [0.4, 0.5) is 5.69 Å². The fourth-order valence-corrected chi connectivity index (χ4v) is 2.22. The largest absolute Gasteiger partial charge is 0.475 e. The first-order valence-corrected chi connectivity index (χ1v) is 5.92. The van der Waals surface area contributed by atoms with Gasteiger partial charge in [-0.05, 0) is 36.9 Å². The van der Waals surface area contributed by atoms with Crippen LogP contribution in [-0.4, -0.2) is 21.0 Å². The van der Waals surface area contributed by atoms with Crippen LogP contribution in [0.15, 0.2) is 38.8 Å².